The molecule has 2 aromatic carbocycles. The molecule has 166 valence electrons. The summed E-state index contributed by atoms with van der Waals surface area (Å²) in [5.41, 5.74) is 6.98. The topological polar surface area (TPSA) is 116 Å². The van der Waals surface area contributed by atoms with Gasteiger partial charge in [-0.1, -0.05) is 23.4 Å². The van der Waals surface area contributed by atoms with Gasteiger partial charge in [-0.2, -0.15) is 5.26 Å². The van der Waals surface area contributed by atoms with E-state index in [0.717, 1.165) is 55.3 Å². The number of aryl methyl sites for hydroxylation is 3. The van der Waals surface area contributed by atoms with Crippen LogP contribution in [0.4, 0.5) is 0 Å². The van der Waals surface area contributed by atoms with Crippen LogP contribution in [0.1, 0.15) is 23.0 Å². The van der Waals surface area contributed by atoms with E-state index in [2.05, 4.69) is 26.2 Å². The van der Waals surface area contributed by atoms with Crippen molar-refractivity contribution in [3.05, 3.63) is 59.4 Å². The summed E-state index contributed by atoms with van der Waals surface area (Å²) in [7, 11) is 1.65. The third-order valence-electron chi connectivity index (χ3n) is 6.24. The number of H-pyrrole nitrogens is 2. The molecule has 0 aliphatic rings. The van der Waals surface area contributed by atoms with Gasteiger partial charge >= 0.3 is 0 Å². The van der Waals surface area contributed by atoms with Crippen LogP contribution in [-0.2, 0) is 0 Å². The number of methoxy groups -OCH3 is 1. The Kier molecular flexibility index (Phi) is 4.23. The molecule has 6 rings (SSSR count). The zero-order valence-electron chi connectivity index (χ0n) is 19.1. The fourth-order valence-corrected chi connectivity index (χ4v) is 4.82. The van der Waals surface area contributed by atoms with Gasteiger partial charge in [-0.05, 0) is 39.0 Å². The molecule has 0 atom stereocenters. The highest BCUT2D eigenvalue weighted by atomic mass is 16.5. The second-order valence-electron chi connectivity index (χ2n) is 8.30. The summed E-state index contributed by atoms with van der Waals surface area (Å²) in [6, 6.07) is 14.2. The molecular formula is C26H20N6O2. The Bertz CT molecular complexity index is 1780. The van der Waals surface area contributed by atoms with E-state index in [1.807, 2.05) is 57.2 Å². The average Bonchev–Trinajstić information content (AvgIpc) is 3.49. The highest BCUT2D eigenvalue weighted by molar-refractivity contribution is 6.16. The predicted octanol–water partition coefficient (Wildman–Crippen LogP) is 5.72. The number of nitriles is 1. The Balaban J connectivity index is 1.74. The number of nitrogens with one attached hydrogen (secondary N) is 2. The number of benzene rings is 2. The quantitative estimate of drug-likeness (QED) is 0.358. The van der Waals surface area contributed by atoms with Crippen LogP contribution < -0.4 is 4.74 Å². The number of hydrogen-bond donors (Lipinski definition) is 2. The summed E-state index contributed by atoms with van der Waals surface area (Å²) < 4.78 is 11.2. The SMILES string of the molecule is COc1cc2c(cc1-c1c(C)noc1C)[nH]c1nc(C)nc(-c3c(C#N)[nH]c4ccccc34)c12. The predicted molar refractivity (Wildman–Crippen MR) is 130 cm³/mol. The Morgan fingerprint density at radius 3 is 2.53 bits per heavy atom. The molecule has 34 heavy (non-hydrogen) atoms. The average molecular weight is 448 g/mol. The summed E-state index contributed by atoms with van der Waals surface area (Å²) in [6.45, 7) is 5.65. The lowest BCUT2D eigenvalue weighted by Crippen LogP contribution is -1.94. The number of aromatic amines is 2. The smallest absolute Gasteiger partial charge is 0.142 e. The van der Waals surface area contributed by atoms with Crippen molar-refractivity contribution in [2.45, 2.75) is 20.8 Å². The molecule has 0 saturated heterocycles. The third kappa shape index (κ3) is 2.74. The molecule has 8 heteroatoms. The molecule has 0 spiro atoms. The lowest BCUT2D eigenvalue weighted by molar-refractivity contribution is 0.393. The van der Waals surface area contributed by atoms with Gasteiger partial charge in [0.25, 0.3) is 0 Å². The Labute approximate surface area is 194 Å². The third-order valence-corrected chi connectivity index (χ3v) is 6.24. The highest BCUT2D eigenvalue weighted by Gasteiger charge is 2.23. The monoisotopic (exact) mass is 448 g/mol. The minimum atomic E-state index is 0.467. The molecule has 0 aliphatic heterocycles. The minimum Gasteiger partial charge on any atom is -0.496 e. The maximum Gasteiger partial charge on any atom is 0.142 e. The molecule has 0 amide bonds. The first kappa shape index (κ1) is 20.0. The van der Waals surface area contributed by atoms with Gasteiger partial charge in [-0.25, -0.2) is 9.97 Å². The zero-order valence-corrected chi connectivity index (χ0v) is 19.1. The van der Waals surface area contributed by atoms with Crippen molar-refractivity contribution in [1.82, 2.24) is 25.1 Å². The molecule has 0 radical (unpaired) electrons. The van der Waals surface area contributed by atoms with Gasteiger partial charge < -0.3 is 19.2 Å². The van der Waals surface area contributed by atoms with E-state index in [-0.39, 0.29) is 0 Å². The lowest BCUT2D eigenvalue weighted by atomic mass is 9.99. The van der Waals surface area contributed by atoms with E-state index in [9.17, 15) is 5.26 Å². The molecule has 8 nitrogen and oxygen atoms in total. The van der Waals surface area contributed by atoms with Crippen LogP contribution in [-0.4, -0.2) is 32.2 Å². The second-order valence-corrected chi connectivity index (χ2v) is 8.30. The van der Waals surface area contributed by atoms with Crippen LogP contribution >= 0.6 is 0 Å². The van der Waals surface area contributed by atoms with Crippen LogP contribution in [0, 0.1) is 32.1 Å². The van der Waals surface area contributed by atoms with Crippen LogP contribution in [0.2, 0.25) is 0 Å². The van der Waals surface area contributed by atoms with Crippen molar-refractivity contribution in [2.75, 3.05) is 7.11 Å². The first-order chi connectivity index (χ1) is 16.5. The fourth-order valence-electron chi connectivity index (χ4n) is 4.82. The van der Waals surface area contributed by atoms with E-state index in [1.165, 1.54) is 0 Å². The van der Waals surface area contributed by atoms with Crippen molar-refractivity contribution < 1.29 is 9.26 Å². The summed E-state index contributed by atoms with van der Waals surface area (Å²) in [5, 5.41) is 16.7. The lowest BCUT2D eigenvalue weighted by Gasteiger charge is -2.09. The molecule has 0 saturated carbocycles. The summed E-state index contributed by atoms with van der Waals surface area (Å²) in [4.78, 5) is 16.2. The van der Waals surface area contributed by atoms with Crippen molar-refractivity contribution in [3.8, 4) is 34.2 Å². The van der Waals surface area contributed by atoms with Gasteiger partial charge in [0.1, 0.15) is 34.7 Å². The molecule has 6 aromatic rings. The number of aromatic nitrogens is 5. The van der Waals surface area contributed by atoms with Gasteiger partial charge in [-0.3, -0.25) is 0 Å². The normalized spacial score (nSPS) is 11.5. The number of para-hydroxylation sites is 1. The number of rotatable bonds is 3. The van der Waals surface area contributed by atoms with Gasteiger partial charge in [0.2, 0.25) is 0 Å². The maximum absolute atomic E-state index is 9.89. The summed E-state index contributed by atoms with van der Waals surface area (Å²) >= 11 is 0. The molecule has 0 bridgehead atoms. The van der Waals surface area contributed by atoms with E-state index in [1.54, 1.807) is 7.11 Å². The number of nitrogens with zero attached hydrogens (tertiary/aromatic N) is 4. The van der Waals surface area contributed by atoms with E-state index < -0.39 is 0 Å². The molecule has 0 aliphatic carbocycles. The largest absolute Gasteiger partial charge is 0.496 e. The summed E-state index contributed by atoms with van der Waals surface area (Å²) in [5.74, 6) is 2.02. The van der Waals surface area contributed by atoms with Crippen LogP contribution in [0.25, 0.3) is 55.2 Å². The van der Waals surface area contributed by atoms with Gasteiger partial charge in [0.05, 0.1) is 29.4 Å². The van der Waals surface area contributed by atoms with E-state index in [4.69, 9.17) is 14.2 Å². The number of ether oxygens (including phenoxy) is 1. The van der Waals surface area contributed by atoms with Crippen molar-refractivity contribution in [1.29, 1.82) is 5.26 Å². The number of fused-ring (bicyclic) bond motifs is 4. The Morgan fingerprint density at radius 2 is 1.79 bits per heavy atom. The van der Waals surface area contributed by atoms with E-state index >= 15 is 0 Å². The van der Waals surface area contributed by atoms with Gasteiger partial charge in [-0.15, -0.1) is 0 Å². The molecule has 0 unspecified atom stereocenters. The number of hydrogen-bond acceptors (Lipinski definition) is 6. The Morgan fingerprint density at radius 1 is 0.971 bits per heavy atom. The molecule has 4 heterocycles. The molecule has 2 N–H and O–H groups in total. The minimum absolute atomic E-state index is 0.467. The van der Waals surface area contributed by atoms with Crippen LogP contribution in [0.5, 0.6) is 5.75 Å². The standard InChI is InChI=1S/C26H20N6O2/c1-12-22(13(2)34-32-12)17-9-19-16(10-21(17)33-4)24-25(28-14(3)29-26(24)31-19)23-15-7-5-6-8-18(15)30-20(23)11-27/h5-10,30H,1-4H3,(H,28,29,31). The van der Waals surface area contributed by atoms with Gasteiger partial charge in [0, 0.05) is 32.9 Å². The van der Waals surface area contributed by atoms with Crippen LogP contribution in [0.3, 0.4) is 0 Å². The first-order valence-electron chi connectivity index (χ1n) is 10.8. The zero-order chi connectivity index (χ0) is 23.6. The first-order valence-corrected chi connectivity index (χ1v) is 10.8. The molecular weight excluding hydrogens is 428 g/mol. The van der Waals surface area contributed by atoms with Crippen molar-refractivity contribution in [3.63, 3.8) is 0 Å². The van der Waals surface area contributed by atoms with Crippen LogP contribution in [0.15, 0.2) is 40.9 Å². The van der Waals surface area contributed by atoms with E-state index in [0.29, 0.717) is 28.6 Å². The highest BCUT2D eigenvalue weighted by Crippen LogP contribution is 2.42. The summed E-state index contributed by atoms with van der Waals surface area (Å²) in [6.07, 6.45) is 0. The van der Waals surface area contributed by atoms with Crippen molar-refractivity contribution >= 4 is 32.8 Å². The maximum atomic E-state index is 9.89. The fraction of sp³-hybridized carbons (Fsp3) is 0.154. The van der Waals surface area contributed by atoms with Gasteiger partial charge in [0.15, 0.2) is 0 Å². The molecule has 0 fully saturated rings. The van der Waals surface area contributed by atoms with Crippen molar-refractivity contribution in [2.24, 2.45) is 0 Å². The molecule has 4 aromatic heterocycles. The second kappa shape index (κ2) is 7.18. The Hall–Kier alpha value is -4.64.